The van der Waals surface area contributed by atoms with Crippen molar-refractivity contribution in [3.8, 4) is 18.0 Å². The number of pyridine rings is 1. The molecule has 0 saturated carbocycles. The van der Waals surface area contributed by atoms with Gasteiger partial charge in [0.25, 0.3) is 11.5 Å². The summed E-state index contributed by atoms with van der Waals surface area (Å²) >= 11 is 6.21. The first-order valence-corrected chi connectivity index (χ1v) is 12.3. The first kappa shape index (κ1) is 27.5. The van der Waals surface area contributed by atoms with Crippen LogP contribution in [0.4, 0.5) is 11.4 Å². The maximum atomic E-state index is 13.7. The van der Waals surface area contributed by atoms with Gasteiger partial charge in [0.15, 0.2) is 0 Å². The summed E-state index contributed by atoms with van der Waals surface area (Å²) in [4.78, 5) is 40.6. The number of hydrogen-bond acceptors (Lipinski definition) is 9. The Kier molecular flexibility index (Phi) is 7.78. The molecule has 0 spiro atoms. The van der Waals surface area contributed by atoms with Gasteiger partial charge in [0.05, 0.1) is 49.7 Å². The largest absolute Gasteiger partial charge is 0.479 e. The topological polar surface area (TPSA) is 147 Å². The van der Waals surface area contributed by atoms with Crippen molar-refractivity contribution < 1.29 is 14.3 Å². The monoisotopic (exact) mass is 547 g/mol. The number of carbonyl (C=O) groups is 1. The minimum absolute atomic E-state index is 0.0609. The number of amides is 1. The number of aromatic nitrogens is 3. The zero-order valence-corrected chi connectivity index (χ0v) is 22.7. The Balaban J connectivity index is 1.95. The molecule has 1 aromatic carbocycles. The molecular formula is C27H26ClN7O4. The van der Waals surface area contributed by atoms with E-state index in [0.29, 0.717) is 28.2 Å². The molecule has 1 aliphatic rings. The van der Waals surface area contributed by atoms with E-state index in [1.807, 2.05) is 13.8 Å². The van der Waals surface area contributed by atoms with Crippen LogP contribution in [-0.2, 0) is 11.8 Å². The summed E-state index contributed by atoms with van der Waals surface area (Å²) in [5.74, 6) is -1.39. The predicted octanol–water partition coefficient (Wildman–Crippen LogP) is 3.87. The standard InChI is InChI=1S/C27H26ClN7O4/c1-14(2)22(32-19-12-31-27(39-5)33-24(19)38-4)20-21(30)26(37)35(17-10-18(28)25(36)34(3)13-17)23(20)16-8-6-15(11-29)7-9-16/h6-10,12-14,20,23,30H,1-5H3. The van der Waals surface area contributed by atoms with Crippen LogP contribution in [0.25, 0.3) is 0 Å². The maximum Gasteiger partial charge on any atom is 0.319 e. The lowest BCUT2D eigenvalue weighted by Crippen LogP contribution is -2.33. The molecule has 1 amide bonds. The molecule has 2 atom stereocenters. The molecular weight excluding hydrogens is 522 g/mol. The van der Waals surface area contributed by atoms with Gasteiger partial charge < -0.3 is 14.0 Å². The molecule has 0 radical (unpaired) electrons. The third kappa shape index (κ3) is 5.11. The van der Waals surface area contributed by atoms with E-state index >= 15 is 0 Å². The Morgan fingerprint density at radius 3 is 2.46 bits per heavy atom. The second-order valence-corrected chi connectivity index (χ2v) is 9.56. The Bertz CT molecular complexity index is 1550. The highest BCUT2D eigenvalue weighted by Crippen LogP contribution is 2.43. The van der Waals surface area contributed by atoms with Crippen molar-refractivity contribution in [3.63, 3.8) is 0 Å². The van der Waals surface area contributed by atoms with Crippen molar-refractivity contribution >= 4 is 40.3 Å². The molecule has 0 aliphatic carbocycles. The van der Waals surface area contributed by atoms with Crippen LogP contribution in [0.2, 0.25) is 5.02 Å². The molecule has 1 saturated heterocycles. The van der Waals surface area contributed by atoms with Gasteiger partial charge in [0.2, 0.25) is 5.88 Å². The summed E-state index contributed by atoms with van der Waals surface area (Å²) < 4.78 is 11.8. The number of hydrogen-bond donors (Lipinski definition) is 1. The van der Waals surface area contributed by atoms with Gasteiger partial charge in [-0.1, -0.05) is 37.6 Å². The summed E-state index contributed by atoms with van der Waals surface area (Å²) in [6.07, 6.45) is 2.96. The number of nitrogens with zero attached hydrogens (tertiary/aromatic N) is 6. The van der Waals surface area contributed by atoms with E-state index < -0.39 is 23.4 Å². The summed E-state index contributed by atoms with van der Waals surface area (Å²) in [6, 6.07) is 9.68. The third-order valence-electron chi connectivity index (χ3n) is 6.39. The van der Waals surface area contributed by atoms with Crippen LogP contribution >= 0.6 is 11.6 Å². The number of aliphatic imine (C=N–C) groups is 1. The maximum absolute atomic E-state index is 13.7. The van der Waals surface area contributed by atoms with Crippen molar-refractivity contribution in [2.24, 2.45) is 23.9 Å². The number of benzene rings is 1. The molecule has 12 heteroatoms. The minimum atomic E-state index is -0.798. The molecule has 2 unspecified atom stereocenters. The number of ether oxygens (including phenoxy) is 2. The summed E-state index contributed by atoms with van der Waals surface area (Å²) in [5.41, 5.74) is 1.70. The van der Waals surface area contributed by atoms with Crippen LogP contribution < -0.4 is 19.9 Å². The number of halogens is 1. The molecule has 0 bridgehead atoms. The first-order valence-electron chi connectivity index (χ1n) is 11.9. The van der Waals surface area contributed by atoms with E-state index in [9.17, 15) is 14.9 Å². The van der Waals surface area contributed by atoms with E-state index in [1.165, 1.54) is 49.2 Å². The SMILES string of the molecule is COc1ncc(N=C(C(C)C)C2C(=N)C(=O)N(c3cc(Cl)c(=O)n(C)c3)C2c2ccc(C#N)cc2)c(OC)n1. The highest BCUT2D eigenvalue weighted by Gasteiger charge is 2.49. The van der Waals surface area contributed by atoms with Crippen LogP contribution in [0.5, 0.6) is 11.9 Å². The van der Waals surface area contributed by atoms with Gasteiger partial charge in [0, 0.05) is 19.0 Å². The fourth-order valence-corrected chi connectivity index (χ4v) is 4.78. The van der Waals surface area contributed by atoms with Crippen LogP contribution in [0.15, 0.2) is 52.5 Å². The third-order valence-corrected chi connectivity index (χ3v) is 6.66. The van der Waals surface area contributed by atoms with Gasteiger partial charge in [-0.25, -0.2) is 9.98 Å². The van der Waals surface area contributed by atoms with Crippen LogP contribution in [-0.4, -0.2) is 46.1 Å². The fourth-order valence-electron chi connectivity index (χ4n) is 4.53. The zero-order valence-electron chi connectivity index (χ0n) is 22.0. The molecule has 200 valence electrons. The normalized spacial score (nSPS) is 17.5. The number of carbonyl (C=O) groups excluding carboxylic acids is 1. The number of anilines is 1. The average Bonchev–Trinajstić information content (AvgIpc) is 3.19. The molecule has 1 fully saturated rings. The van der Waals surface area contributed by atoms with Crippen molar-refractivity contribution in [3.05, 3.63) is 69.2 Å². The van der Waals surface area contributed by atoms with Gasteiger partial charge in [-0.05, 0) is 29.7 Å². The zero-order chi connectivity index (χ0) is 28.4. The Morgan fingerprint density at radius 2 is 1.90 bits per heavy atom. The summed E-state index contributed by atoms with van der Waals surface area (Å²) in [5, 5.41) is 18.2. The second kappa shape index (κ2) is 11.0. The molecule has 39 heavy (non-hydrogen) atoms. The lowest BCUT2D eigenvalue weighted by molar-refractivity contribution is -0.112. The molecule has 4 rings (SSSR count). The number of nitriles is 1. The highest BCUT2D eigenvalue weighted by molar-refractivity contribution is 6.49. The molecule has 3 aromatic rings. The van der Waals surface area contributed by atoms with Gasteiger partial charge in [-0.3, -0.25) is 19.9 Å². The Labute approximate surface area is 229 Å². The smallest absolute Gasteiger partial charge is 0.319 e. The van der Waals surface area contributed by atoms with E-state index in [1.54, 1.807) is 24.3 Å². The highest BCUT2D eigenvalue weighted by atomic mass is 35.5. The number of nitrogens with one attached hydrogen (secondary N) is 1. The van der Waals surface area contributed by atoms with Gasteiger partial charge in [0.1, 0.15) is 16.4 Å². The summed E-state index contributed by atoms with van der Waals surface area (Å²) in [7, 11) is 4.42. The van der Waals surface area contributed by atoms with Crippen molar-refractivity contribution in [1.82, 2.24) is 14.5 Å². The number of rotatable bonds is 7. The molecule has 11 nitrogen and oxygen atoms in total. The lowest BCUT2D eigenvalue weighted by Gasteiger charge is -2.30. The average molecular weight is 548 g/mol. The Hall–Kier alpha value is -4.56. The summed E-state index contributed by atoms with van der Waals surface area (Å²) in [6.45, 7) is 3.82. The fraction of sp³-hybridized carbons (Fsp3) is 0.296. The molecule has 3 heterocycles. The van der Waals surface area contributed by atoms with E-state index in [2.05, 4.69) is 16.0 Å². The van der Waals surface area contributed by atoms with Crippen molar-refractivity contribution in [1.29, 1.82) is 10.7 Å². The lowest BCUT2D eigenvalue weighted by atomic mass is 9.83. The quantitative estimate of drug-likeness (QED) is 0.441. The van der Waals surface area contributed by atoms with Gasteiger partial charge in [-0.2, -0.15) is 10.2 Å². The van der Waals surface area contributed by atoms with E-state index in [0.717, 1.165) is 0 Å². The second-order valence-electron chi connectivity index (χ2n) is 9.15. The van der Waals surface area contributed by atoms with Crippen molar-refractivity contribution in [2.45, 2.75) is 19.9 Å². The van der Waals surface area contributed by atoms with E-state index in [4.69, 9.17) is 31.5 Å². The van der Waals surface area contributed by atoms with Crippen LogP contribution in [0.1, 0.15) is 31.0 Å². The van der Waals surface area contributed by atoms with Gasteiger partial charge >= 0.3 is 6.01 Å². The molecule has 1 N–H and O–H groups in total. The van der Waals surface area contributed by atoms with Crippen LogP contribution in [0, 0.1) is 28.6 Å². The molecule has 1 aliphatic heterocycles. The van der Waals surface area contributed by atoms with E-state index in [-0.39, 0.29) is 28.5 Å². The van der Waals surface area contributed by atoms with Crippen LogP contribution in [0.3, 0.4) is 0 Å². The molecule has 2 aromatic heterocycles. The first-order chi connectivity index (χ1) is 18.6. The van der Waals surface area contributed by atoms with Gasteiger partial charge in [-0.15, -0.1) is 0 Å². The number of methoxy groups -OCH3 is 2. The predicted molar refractivity (Wildman–Crippen MR) is 146 cm³/mol. The minimum Gasteiger partial charge on any atom is -0.479 e. The Morgan fingerprint density at radius 1 is 1.21 bits per heavy atom. The van der Waals surface area contributed by atoms with Crippen molar-refractivity contribution in [2.75, 3.05) is 19.1 Å². The number of aryl methyl sites for hydroxylation is 1.